The van der Waals surface area contributed by atoms with Crippen LogP contribution in [0.1, 0.15) is 22.3 Å². The molecule has 2 aromatic heterocycles. The van der Waals surface area contributed by atoms with E-state index in [4.69, 9.17) is 8.83 Å². The quantitative estimate of drug-likeness (QED) is 0.155. The molecule has 4 nitrogen and oxygen atoms in total. The van der Waals surface area contributed by atoms with E-state index in [9.17, 15) is 0 Å². The van der Waals surface area contributed by atoms with Gasteiger partial charge in [-0.25, -0.2) is 0 Å². The van der Waals surface area contributed by atoms with E-state index in [0.29, 0.717) is 0 Å². The molecule has 1 spiro atoms. The van der Waals surface area contributed by atoms with Crippen LogP contribution in [0.3, 0.4) is 0 Å². The van der Waals surface area contributed by atoms with Gasteiger partial charge in [0, 0.05) is 33.5 Å². The van der Waals surface area contributed by atoms with Gasteiger partial charge in [-0.2, -0.15) is 0 Å². The molecule has 0 fully saturated rings. The molecule has 358 valence electrons. The summed E-state index contributed by atoms with van der Waals surface area (Å²) in [5.74, 6) is 0. The van der Waals surface area contributed by atoms with Gasteiger partial charge in [-0.3, -0.25) is 0 Å². The summed E-state index contributed by atoms with van der Waals surface area (Å²) in [6, 6.07) is 97.7. The van der Waals surface area contributed by atoms with Crippen molar-refractivity contribution in [2.45, 2.75) is 5.41 Å². The SMILES string of the molecule is c1ccc(N(c2ccc3c4c(ccc3c2)-c2c(c3ccc(N(c5ccccc5)c5cccc6oc7ccccc7c56)cc3c3ccccc23)C42c3ccccc3-c3ccccc32)c2cccc3oc4ccccc4c23)cc1. The minimum atomic E-state index is -0.649. The highest BCUT2D eigenvalue weighted by molar-refractivity contribution is 6.23. The molecule has 2 aliphatic carbocycles. The van der Waals surface area contributed by atoms with Crippen LogP contribution < -0.4 is 9.80 Å². The van der Waals surface area contributed by atoms with Crippen LogP contribution in [0.2, 0.25) is 0 Å². The molecule has 0 unspecified atom stereocenters. The Hall–Kier alpha value is -10.2. The summed E-state index contributed by atoms with van der Waals surface area (Å²) in [6.07, 6.45) is 0. The van der Waals surface area contributed by atoms with Gasteiger partial charge in [0.2, 0.25) is 0 Å². The maximum atomic E-state index is 6.52. The van der Waals surface area contributed by atoms with Gasteiger partial charge in [-0.15, -0.1) is 0 Å². The summed E-state index contributed by atoms with van der Waals surface area (Å²) in [6.45, 7) is 0. The Balaban J connectivity index is 0.948. The van der Waals surface area contributed by atoms with Crippen LogP contribution in [0.15, 0.2) is 276 Å². The third-order valence-electron chi connectivity index (χ3n) is 16.8. The van der Waals surface area contributed by atoms with E-state index in [0.717, 1.165) is 78.0 Å². The van der Waals surface area contributed by atoms with Crippen molar-refractivity contribution in [3.63, 3.8) is 0 Å². The Morgan fingerprint density at radius 3 is 1.35 bits per heavy atom. The Labute approximate surface area is 443 Å². The average molecular weight is 981 g/mol. The number of para-hydroxylation sites is 4. The van der Waals surface area contributed by atoms with Crippen molar-refractivity contribution in [3.05, 3.63) is 289 Å². The first kappa shape index (κ1) is 42.2. The fraction of sp³-hybridized carbons (Fsp3) is 0.0137. The summed E-state index contributed by atoms with van der Waals surface area (Å²) < 4.78 is 13.0. The number of hydrogen-bond donors (Lipinski definition) is 0. The zero-order chi connectivity index (χ0) is 50.3. The van der Waals surface area contributed by atoms with Crippen molar-refractivity contribution in [1.29, 1.82) is 0 Å². The molecule has 0 radical (unpaired) electrons. The monoisotopic (exact) mass is 980 g/mol. The van der Waals surface area contributed by atoms with Crippen LogP contribution in [0.25, 0.3) is 98.4 Å². The lowest BCUT2D eigenvalue weighted by Gasteiger charge is -2.33. The van der Waals surface area contributed by atoms with Gasteiger partial charge in [0.15, 0.2) is 0 Å². The molecule has 77 heavy (non-hydrogen) atoms. The number of benzene rings is 13. The molecule has 17 rings (SSSR count). The maximum absolute atomic E-state index is 6.52. The van der Waals surface area contributed by atoms with Crippen molar-refractivity contribution < 1.29 is 8.83 Å². The lowest BCUT2D eigenvalue weighted by Crippen LogP contribution is -2.26. The van der Waals surface area contributed by atoms with Gasteiger partial charge in [-0.1, -0.05) is 182 Å². The third kappa shape index (κ3) is 5.76. The number of anilines is 6. The number of fused-ring (bicyclic) bond motifs is 23. The van der Waals surface area contributed by atoms with Gasteiger partial charge in [-0.05, 0) is 162 Å². The molecule has 13 aromatic carbocycles. The lowest BCUT2D eigenvalue weighted by molar-refractivity contribution is 0.668. The zero-order valence-electron chi connectivity index (χ0n) is 41.6. The van der Waals surface area contributed by atoms with E-state index in [1.165, 1.54) is 76.8 Å². The number of nitrogens with zero attached hydrogens (tertiary/aromatic N) is 2. The molecule has 2 heterocycles. The highest BCUT2D eigenvalue weighted by Gasteiger charge is 2.54. The molecule has 15 aromatic rings. The van der Waals surface area contributed by atoms with E-state index in [-0.39, 0.29) is 0 Å². The van der Waals surface area contributed by atoms with Gasteiger partial charge in [0.05, 0.1) is 27.6 Å². The van der Waals surface area contributed by atoms with Gasteiger partial charge in [0.25, 0.3) is 0 Å². The van der Waals surface area contributed by atoms with Gasteiger partial charge < -0.3 is 18.6 Å². The topological polar surface area (TPSA) is 32.8 Å². The highest BCUT2D eigenvalue weighted by Crippen LogP contribution is 2.67. The van der Waals surface area contributed by atoms with Crippen LogP contribution in [0.4, 0.5) is 34.1 Å². The summed E-state index contributed by atoms with van der Waals surface area (Å²) >= 11 is 0. The molecular formula is C73H44N2O2. The van der Waals surface area contributed by atoms with Gasteiger partial charge in [0.1, 0.15) is 22.3 Å². The molecule has 0 atom stereocenters. The van der Waals surface area contributed by atoms with E-state index >= 15 is 0 Å². The highest BCUT2D eigenvalue weighted by atomic mass is 16.3. The number of rotatable bonds is 6. The second-order valence-electron chi connectivity index (χ2n) is 20.6. The van der Waals surface area contributed by atoms with E-state index in [1.807, 2.05) is 12.1 Å². The normalized spacial score (nSPS) is 13.0. The molecule has 0 aliphatic heterocycles. The minimum Gasteiger partial charge on any atom is -0.456 e. The fourth-order valence-electron chi connectivity index (χ4n) is 13.8. The molecular weight excluding hydrogens is 937 g/mol. The van der Waals surface area contributed by atoms with Crippen LogP contribution in [0.5, 0.6) is 0 Å². The molecule has 0 N–H and O–H groups in total. The average Bonchev–Trinajstić information content (AvgIpc) is 3.74. The summed E-state index contributed by atoms with van der Waals surface area (Å²) in [5.41, 5.74) is 19.7. The Morgan fingerprint density at radius 2 is 0.753 bits per heavy atom. The van der Waals surface area contributed by atoms with Crippen molar-refractivity contribution in [2.24, 2.45) is 0 Å². The van der Waals surface area contributed by atoms with Crippen LogP contribution in [-0.2, 0) is 5.41 Å². The van der Waals surface area contributed by atoms with Crippen molar-refractivity contribution in [2.75, 3.05) is 9.80 Å². The Bertz CT molecular complexity index is 4910. The van der Waals surface area contributed by atoms with E-state index in [2.05, 4.69) is 265 Å². The standard InChI is InChI=1S/C73H44N2O2/c1-3-19-46(20-4-1)74(62-31-17-35-66-69(62)56-27-11-15-33-64(56)76-66)48-38-41-50-45(43-48)37-40-58-68-54-26-8-7-23-51(54)59-44-49(75(47-21-5-2-6-22-47)63-32-18-36-67-70(63)57-28-12-16-34-65(57)77-67)39-42-55(59)72(68)73(71(50)58)60-29-13-9-24-52(60)53-25-10-14-30-61(53)73/h1-44H. The number of hydrogen-bond acceptors (Lipinski definition) is 4. The maximum Gasteiger partial charge on any atom is 0.137 e. The lowest BCUT2D eigenvalue weighted by atomic mass is 9.68. The van der Waals surface area contributed by atoms with Gasteiger partial charge >= 0.3 is 0 Å². The van der Waals surface area contributed by atoms with Crippen LogP contribution >= 0.6 is 0 Å². The Morgan fingerprint density at radius 1 is 0.273 bits per heavy atom. The molecule has 2 aliphatic rings. The fourth-order valence-corrected chi connectivity index (χ4v) is 13.8. The predicted molar refractivity (Wildman–Crippen MR) is 319 cm³/mol. The molecule has 0 saturated heterocycles. The minimum absolute atomic E-state index is 0.649. The first-order valence-electron chi connectivity index (χ1n) is 26.5. The molecule has 0 amide bonds. The Kier molecular flexibility index (Phi) is 8.73. The van der Waals surface area contributed by atoms with Crippen LogP contribution in [0, 0.1) is 0 Å². The second kappa shape index (κ2) is 15.9. The summed E-state index contributed by atoms with van der Waals surface area (Å²) in [4.78, 5) is 4.81. The molecule has 4 heteroatoms. The number of furan rings is 2. The predicted octanol–water partition coefficient (Wildman–Crippen LogP) is 20.2. The molecule has 0 bridgehead atoms. The first-order valence-corrected chi connectivity index (χ1v) is 26.5. The van der Waals surface area contributed by atoms with E-state index < -0.39 is 5.41 Å². The van der Waals surface area contributed by atoms with Crippen molar-refractivity contribution >= 4 is 110 Å². The summed E-state index contributed by atoms with van der Waals surface area (Å²) in [7, 11) is 0. The first-order chi connectivity index (χ1) is 38.2. The van der Waals surface area contributed by atoms with Crippen molar-refractivity contribution in [1.82, 2.24) is 0 Å². The second-order valence-corrected chi connectivity index (χ2v) is 20.6. The largest absolute Gasteiger partial charge is 0.456 e. The van der Waals surface area contributed by atoms with Crippen molar-refractivity contribution in [3.8, 4) is 22.3 Å². The zero-order valence-corrected chi connectivity index (χ0v) is 41.6. The third-order valence-corrected chi connectivity index (χ3v) is 16.8. The van der Waals surface area contributed by atoms with E-state index in [1.54, 1.807) is 0 Å². The summed E-state index contributed by atoms with van der Waals surface area (Å²) in [5, 5.41) is 11.7. The van der Waals surface area contributed by atoms with Crippen LogP contribution in [-0.4, -0.2) is 0 Å². The molecule has 0 saturated carbocycles. The smallest absolute Gasteiger partial charge is 0.137 e.